The number of hydrogen-bond acceptors (Lipinski definition) is 3. The van der Waals surface area contributed by atoms with Crippen molar-refractivity contribution in [2.75, 3.05) is 13.1 Å². The van der Waals surface area contributed by atoms with Crippen LogP contribution in [0.5, 0.6) is 0 Å². The zero-order chi connectivity index (χ0) is 14.8. The molecule has 0 aromatic rings. The summed E-state index contributed by atoms with van der Waals surface area (Å²) in [4.78, 5) is 14.3. The van der Waals surface area contributed by atoms with Crippen LogP contribution >= 0.6 is 0 Å². The second-order valence-corrected chi connectivity index (χ2v) is 7.49. The number of rotatable bonds is 4. The quantitative estimate of drug-likeness (QED) is 0.861. The van der Waals surface area contributed by atoms with Crippen molar-refractivity contribution in [1.29, 1.82) is 0 Å². The van der Waals surface area contributed by atoms with Crippen molar-refractivity contribution in [3.63, 3.8) is 0 Å². The van der Waals surface area contributed by atoms with E-state index in [9.17, 15) is 4.79 Å². The summed E-state index contributed by atoms with van der Waals surface area (Å²) in [6.07, 6.45) is 5.86. The first kappa shape index (κ1) is 15.6. The standard InChI is InChI=1S/C16H30N2O2/c1-12-5-8-14(9-10-17-13-6-7-13)18(11-12)15(19)20-16(2,3)4/h12-14,17H,5-11H2,1-4H3/t12-,14-/m1/s1. The van der Waals surface area contributed by atoms with Crippen molar-refractivity contribution in [3.8, 4) is 0 Å². The zero-order valence-corrected chi connectivity index (χ0v) is 13.4. The van der Waals surface area contributed by atoms with Gasteiger partial charge in [0.1, 0.15) is 5.60 Å². The van der Waals surface area contributed by atoms with E-state index < -0.39 is 5.60 Å². The van der Waals surface area contributed by atoms with Crippen LogP contribution in [0.2, 0.25) is 0 Å². The molecule has 4 heteroatoms. The van der Waals surface area contributed by atoms with Gasteiger partial charge in [0.2, 0.25) is 0 Å². The molecule has 2 fully saturated rings. The fourth-order valence-corrected chi connectivity index (χ4v) is 2.79. The van der Waals surface area contributed by atoms with Crippen LogP contribution in [0, 0.1) is 5.92 Å². The average molecular weight is 282 g/mol. The lowest BCUT2D eigenvalue weighted by atomic mass is 9.93. The van der Waals surface area contributed by atoms with Gasteiger partial charge in [-0.2, -0.15) is 0 Å². The van der Waals surface area contributed by atoms with Crippen molar-refractivity contribution in [1.82, 2.24) is 10.2 Å². The van der Waals surface area contributed by atoms with Crippen LogP contribution in [-0.4, -0.2) is 41.8 Å². The number of nitrogens with one attached hydrogen (secondary N) is 1. The maximum atomic E-state index is 12.4. The molecule has 0 unspecified atom stereocenters. The Bertz CT molecular complexity index is 334. The molecule has 0 radical (unpaired) electrons. The lowest BCUT2D eigenvalue weighted by Gasteiger charge is -2.39. The van der Waals surface area contributed by atoms with Crippen LogP contribution in [0.1, 0.15) is 59.8 Å². The highest BCUT2D eigenvalue weighted by atomic mass is 16.6. The molecule has 4 nitrogen and oxygen atoms in total. The predicted octanol–water partition coefficient (Wildman–Crippen LogP) is 3.16. The highest BCUT2D eigenvalue weighted by Crippen LogP contribution is 2.26. The Morgan fingerprint density at radius 1 is 1.25 bits per heavy atom. The second-order valence-electron chi connectivity index (χ2n) is 7.49. The number of nitrogens with zero attached hydrogens (tertiary/aromatic N) is 1. The number of hydrogen-bond donors (Lipinski definition) is 1. The summed E-state index contributed by atoms with van der Waals surface area (Å²) in [5.74, 6) is 0.579. The fourth-order valence-electron chi connectivity index (χ4n) is 2.79. The molecule has 2 aliphatic rings. The SMILES string of the molecule is C[C@@H]1CC[C@H](CCNC2CC2)N(C(=O)OC(C)(C)C)C1. The Morgan fingerprint density at radius 2 is 1.95 bits per heavy atom. The molecule has 0 aromatic carbocycles. The number of carbonyl (C=O) groups excluding carboxylic acids is 1. The smallest absolute Gasteiger partial charge is 0.410 e. The van der Waals surface area contributed by atoms with Crippen LogP contribution in [0.4, 0.5) is 4.79 Å². The predicted molar refractivity (Wildman–Crippen MR) is 80.8 cm³/mol. The highest BCUT2D eigenvalue weighted by Gasteiger charge is 2.33. The molecule has 116 valence electrons. The van der Waals surface area contributed by atoms with Gasteiger partial charge in [-0.1, -0.05) is 6.92 Å². The third kappa shape index (κ3) is 4.97. The van der Waals surface area contributed by atoms with Gasteiger partial charge in [-0.05, 0) is 65.3 Å². The molecule has 0 bridgehead atoms. The Hall–Kier alpha value is -0.770. The average Bonchev–Trinajstić information content (AvgIpc) is 3.12. The second kappa shape index (κ2) is 6.33. The lowest BCUT2D eigenvalue weighted by molar-refractivity contribution is 0.00302. The summed E-state index contributed by atoms with van der Waals surface area (Å²) in [6.45, 7) is 9.87. The zero-order valence-electron chi connectivity index (χ0n) is 13.4. The van der Waals surface area contributed by atoms with Gasteiger partial charge in [-0.25, -0.2) is 4.79 Å². The Labute approximate surface area is 123 Å². The van der Waals surface area contributed by atoms with Gasteiger partial charge >= 0.3 is 6.09 Å². The molecule has 1 saturated heterocycles. The normalized spacial score (nSPS) is 27.5. The summed E-state index contributed by atoms with van der Waals surface area (Å²) in [5, 5.41) is 3.54. The fraction of sp³-hybridized carbons (Fsp3) is 0.938. The molecule has 1 aliphatic heterocycles. The molecular weight excluding hydrogens is 252 g/mol. The highest BCUT2D eigenvalue weighted by molar-refractivity contribution is 5.68. The Balaban J connectivity index is 1.86. The number of likely N-dealkylation sites (tertiary alicyclic amines) is 1. The van der Waals surface area contributed by atoms with E-state index in [-0.39, 0.29) is 6.09 Å². The van der Waals surface area contributed by atoms with Crippen LogP contribution in [0.15, 0.2) is 0 Å². The van der Waals surface area contributed by atoms with E-state index in [1.807, 2.05) is 25.7 Å². The van der Waals surface area contributed by atoms with E-state index in [2.05, 4.69) is 12.2 Å². The Morgan fingerprint density at radius 3 is 2.55 bits per heavy atom. The van der Waals surface area contributed by atoms with E-state index in [0.717, 1.165) is 32.0 Å². The molecule has 1 aliphatic carbocycles. The molecular formula is C16H30N2O2. The van der Waals surface area contributed by atoms with Gasteiger partial charge in [0.05, 0.1) is 0 Å². The summed E-state index contributed by atoms with van der Waals surface area (Å²) >= 11 is 0. The van der Waals surface area contributed by atoms with Crippen molar-refractivity contribution < 1.29 is 9.53 Å². The molecule has 2 atom stereocenters. The van der Waals surface area contributed by atoms with Crippen LogP contribution in [0.3, 0.4) is 0 Å². The minimum atomic E-state index is -0.408. The third-order valence-corrected chi connectivity index (χ3v) is 4.06. The van der Waals surface area contributed by atoms with Gasteiger partial charge in [0.25, 0.3) is 0 Å². The molecule has 1 saturated carbocycles. The van der Waals surface area contributed by atoms with Gasteiger partial charge in [-0.15, -0.1) is 0 Å². The van der Waals surface area contributed by atoms with E-state index in [0.29, 0.717) is 12.0 Å². The molecule has 20 heavy (non-hydrogen) atoms. The van der Waals surface area contributed by atoms with E-state index >= 15 is 0 Å². The van der Waals surface area contributed by atoms with E-state index in [1.165, 1.54) is 19.3 Å². The largest absolute Gasteiger partial charge is 0.444 e. The van der Waals surface area contributed by atoms with Crippen molar-refractivity contribution in [3.05, 3.63) is 0 Å². The van der Waals surface area contributed by atoms with E-state index in [1.54, 1.807) is 0 Å². The van der Waals surface area contributed by atoms with Crippen LogP contribution < -0.4 is 5.32 Å². The monoisotopic (exact) mass is 282 g/mol. The molecule has 1 amide bonds. The summed E-state index contributed by atoms with van der Waals surface area (Å²) in [7, 11) is 0. The number of ether oxygens (including phenoxy) is 1. The minimum absolute atomic E-state index is 0.138. The van der Waals surface area contributed by atoms with Crippen LogP contribution in [-0.2, 0) is 4.74 Å². The molecule has 2 rings (SSSR count). The minimum Gasteiger partial charge on any atom is -0.444 e. The van der Waals surface area contributed by atoms with Gasteiger partial charge in [0.15, 0.2) is 0 Å². The first-order valence-corrected chi connectivity index (χ1v) is 8.08. The number of amides is 1. The maximum Gasteiger partial charge on any atom is 0.410 e. The van der Waals surface area contributed by atoms with Gasteiger partial charge in [-0.3, -0.25) is 0 Å². The summed E-state index contributed by atoms with van der Waals surface area (Å²) in [6, 6.07) is 1.08. The third-order valence-electron chi connectivity index (χ3n) is 4.06. The Kier molecular flexibility index (Phi) is 4.95. The van der Waals surface area contributed by atoms with Crippen molar-refractivity contribution in [2.45, 2.75) is 77.5 Å². The number of piperidine rings is 1. The molecule has 1 heterocycles. The topological polar surface area (TPSA) is 41.6 Å². The van der Waals surface area contributed by atoms with E-state index in [4.69, 9.17) is 4.74 Å². The number of carbonyl (C=O) groups is 1. The van der Waals surface area contributed by atoms with Gasteiger partial charge < -0.3 is 15.0 Å². The molecule has 0 aromatic heterocycles. The van der Waals surface area contributed by atoms with Crippen molar-refractivity contribution >= 4 is 6.09 Å². The lowest BCUT2D eigenvalue weighted by Crippen LogP contribution is -2.49. The molecule has 0 spiro atoms. The summed E-state index contributed by atoms with van der Waals surface area (Å²) in [5.41, 5.74) is -0.408. The summed E-state index contributed by atoms with van der Waals surface area (Å²) < 4.78 is 5.56. The molecule has 1 N–H and O–H groups in total. The van der Waals surface area contributed by atoms with Crippen molar-refractivity contribution in [2.24, 2.45) is 5.92 Å². The van der Waals surface area contributed by atoms with Gasteiger partial charge in [0, 0.05) is 18.6 Å². The first-order chi connectivity index (χ1) is 9.35. The van der Waals surface area contributed by atoms with Crippen LogP contribution in [0.25, 0.3) is 0 Å². The maximum absolute atomic E-state index is 12.4. The first-order valence-electron chi connectivity index (χ1n) is 8.08.